The number of hydrogen-bond acceptors (Lipinski definition) is 1. The molecule has 0 amide bonds. The molecule has 1 atom stereocenters. The highest BCUT2D eigenvalue weighted by molar-refractivity contribution is 5.29. The highest BCUT2D eigenvalue weighted by Crippen LogP contribution is 2.26. The van der Waals surface area contributed by atoms with E-state index < -0.39 is 0 Å². The molecule has 0 N–H and O–H groups in total. The molecule has 1 heteroatoms. The Kier molecular flexibility index (Phi) is 4.40. The van der Waals surface area contributed by atoms with E-state index in [4.69, 9.17) is 4.74 Å². The summed E-state index contributed by atoms with van der Waals surface area (Å²) >= 11 is 0. The Hall–Kier alpha value is -1.76. The van der Waals surface area contributed by atoms with Crippen molar-refractivity contribution in [3.05, 3.63) is 65.7 Å². The van der Waals surface area contributed by atoms with Crippen molar-refractivity contribution >= 4 is 0 Å². The first-order chi connectivity index (χ1) is 8.79. The molecule has 0 heterocycles. The Bertz CT molecular complexity index is 476. The number of benzene rings is 2. The van der Waals surface area contributed by atoms with Crippen LogP contribution in [0, 0.1) is 6.92 Å². The fourth-order valence-corrected chi connectivity index (χ4v) is 2.08. The number of rotatable bonds is 5. The van der Waals surface area contributed by atoms with Crippen molar-refractivity contribution in [1.29, 1.82) is 0 Å². The van der Waals surface area contributed by atoms with E-state index in [1.165, 1.54) is 11.1 Å². The average molecular weight is 240 g/mol. The molecule has 0 aliphatic carbocycles. The normalized spacial score (nSPS) is 12.1. The molecule has 94 valence electrons. The molecule has 2 aromatic rings. The van der Waals surface area contributed by atoms with Crippen LogP contribution >= 0.6 is 0 Å². The molecule has 0 fully saturated rings. The van der Waals surface area contributed by atoms with Gasteiger partial charge < -0.3 is 4.74 Å². The molecule has 0 aromatic heterocycles. The van der Waals surface area contributed by atoms with Gasteiger partial charge >= 0.3 is 0 Å². The van der Waals surface area contributed by atoms with Crippen LogP contribution in [-0.2, 0) is 0 Å². The summed E-state index contributed by atoms with van der Waals surface area (Å²) in [5, 5.41) is 0. The Morgan fingerprint density at radius 2 is 1.78 bits per heavy atom. The van der Waals surface area contributed by atoms with Crippen LogP contribution in [0.2, 0.25) is 0 Å². The minimum atomic E-state index is 0.151. The van der Waals surface area contributed by atoms with Gasteiger partial charge in [-0.15, -0.1) is 0 Å². The van der Waals surface area contributed by atoms with Gasteiger partial charge in [0.2, 0.25) is 0 Å². The fraction of sp³-hybridized carbons (Fsp3) is 0.294. The summed E-state index contributed by atoms with van der Waals surface area (Å²) in [6, 6.07) is 18.7. The lowest BCUT2D eigenvalue weighted by Crippen LogP contribution is -2.07. The molecular formula is C17H20O. The van der Waals surface area contributed by atoms with Crippen molar-refractivity contribution in [2.45, 2.75) is 32.8 Å². The highest BCUT2D eigenvalue weighted by Gasteiger charge is 2.11. The quantitative estimate of drug-likeness (QED) is 0.721. The SMILES string of the molecule is CCCC(Oc1cccc(C)c1)c1ccccc1. The van der Waals surface area contributed by atoms with E-state index in [2.05, 4.69) is 50.2 Å². The zero-order valence-electron chi connectivity index (χ0n) is 11.1. The summed E-state index contributed by atoms with van der Waals surface area (Å²) in [5.74, 6) is 0.956. The maximum absolute atomic E-state index is 6.12. The van der Waals surface area contributed by atoms with Gasteiger partial charge in [0.05, 0.1) is 0 Å². The largest absolute Gasteiger partial charge is 0.486 e. The van der Waals surface area contributed by atoms with Crippen molar-refractivity contribution in [3.8, 4) is 5.75 Å². The minimum absolute atomic E-state index is 0.151. The lowest BCUT2D eigenvalue weighted by atomic mass is 10.1. The van der Waals surface area contributed by atoms with E-state index in [9.17, 15) is 0 Å². The third-order valence-corrected chi connectivity index (χ3v) is 2.99. The predicted molar refractivity (Wildman–Crippen MR) is 75.9 cm³/mol. The first-order valence-electron chi connectivity index (χ1n) is 6.58. The lowest BCUT2D eigenvalue weighted by Gasteiger charge is -2.19. The molecule has 1 unspecified atom stereocenters. The first kappa shape index (κ1) is 12.7. The van der Waals surface area contributed by atoms with E-state index in [1.54, 1.807) is 0 Å². The van der Waals surface area contributed by atoms with Crippen LogP contribution in [-0.4, -0.2) is 0 Å². The molecule has 2 aromatic carbocycles. The summed E-state index contributed by atoms with van der Waals surface area (Å²) < 4.78 is 6.12. The van der Waals surface area contributed by atoms with Crippen LogP contribution in [0.25, 0.3) is 0 Å². The third-order valence-electron chi connectivity index (χ3n) is 2.99. The van der Waals surface area contributed by atoms with E-state index in [0.29, 0.717) is 0 Å². The molecule has 0 bridgehead atoms. The van der Waals surface area contributed by atoms with Gasteiger partial charge in [0.25, 0.3) is 0 Å². The van der Waals surface area contributed by atoms with Gasteiger partial charge in [-0.25, -0.2) is 0 Å². The van der Waals surface area contributed by atoms with Crippen molar-refractivity contribution in [3.63, 3.8) is 0 Å². The van der Waals surface area contributed by atoms with Crippen LogP contribution in [0.4, 0.5) is 0 Å². The number of aryl methyl sites for hydroxylation is 1. The van der Waals surface area contributed by atoms with Gasteiger partial charge in [-0.3, -0.25) is 0 Å². The van der Waals surface area contributed by atoms with Crippen molar-refractivity contribution in [1.82, 2.24) is 0 Å². The number of hydrogen-bond donors (Lipinski definition) is 0. The van der Waals surface area contributed by atoms with Gasteiger partial charge in [0.15, 0.2) is 0 Å². The minimum Gasteiger partial charge on any atom is -0.486 e. The van der Waals surface area contributed by atoms with Crippen LogP contribution in [0.5, 0.6) is 5.75 Å². The first-order valence-corrected chi connectivity index (χ1v) is 6.58. The summed E-state index contributed by atoms with van der Waals surface area (Å²) in [6.45, 7) is 4.28. The fourth-order valence-electron chi connectivity index (χ4n) is 2.08. The van der Waals surface area contributed by atoms with Crippen molar-refractivity contribution in [2.24, 2.45) is 0 Å². The monoisotopic (exact) mass is 240 g/mol. The zero-order chi connectivity index (χ0) is 12.8. The summed E-state index contributed by atoms with van der Waals surface area (Å²) in [7, 11) is 0. The molecule has 0 radical (unpaired) electrons. The molecule has 0 saturated carbocycles. The van der Waals surface area contributed by atoms with Crippen molar-refractivity contribution in [2.75, 3.05) is 0 Å². The van der Waals surface area contributed by atoms with Crippen LogP contribution in [0.3, 0.4) is 0 Å². The molecule has 0 saturated heterocycles. The Morgan fingerprint density at radius 1 is 1.00 bits per heavy atom. The number of ether oxygens (including phenoxy) is 1. The smallest absolute Gasteiger partial charge is 0.124 e. The summed E-state index contributed by atoms with van der Waals surface area (Å²) in [5.41, 5.74) is 2.48. The maximum Gasteiger partial charge on any atom is 0.124 e. The molecule has 0 aliphatic rings. The molecular weight excluding hydrogens is 220 g/mol. The second kappa shape index (κ2) is 6.25. The van der Waals surface area contributed by atoms with Gasteiger partial charge in [0.1, 0.15) is 11.9 Å². The molecule has 0 spiro atoms. The second-order valence-electron chi connectivity index (χ2n) is 4.62. The third kappa shape index (κ3) is 3.36. The van der Waals surface area contributed by atoms with E-state index in [0.717, 1.165) is 18.6 Å². The predicted octanol–water partition coefficient (Wildman–Crippen LogP) is 4.92. The second-order valence-corrected chi connectivity index (χ2v) is 4.62. The molecule has 1 nitrogen and oxygen atoms in total. The highest BCUT2D eigenvalue weighted by atomic mass is 16.5. The van der Waals surface area contributed by atoms with E-state index in [1.807, 2.05) is 18.2 Å². The van der Waals surface area contributed by atoms with Crippen LogP contribution in [0.1, 0.15) is 37.0 Å². The molecule has 2 rings (SSSR count). The van der Waals surface area contributed by atoms with Crippen molar-refractivity contribution < 1.29 is 4.74 Å². The van der Waals surface area contributed by atoms with Gasteiger partial charge in [-0.1, -0.05) is 55.8 Å². The Balaban J connectivity index is 2.16. The summed E-state index contributed by atoms with van der Waals surface area (Å²) in [6.07, 6.45) is 2.31. The van der Waals surface area contributed by atoms with Gasteiger partial charge in [-0.2, -0.15) is 0 Å². The summed E-state index contributed by atoms with van der Waals surface area (Å²) in [4.78, 5) is 0. The topological polar surface area (TPSA) is 9.23 Å². The maximum atomic E-state index is 6.12. The lowest BCUT2D eigenvalue weighted by molar-refractivity contribution is 0.193. The Labute approximate surface area is 109 Å². The zero-order valence-corrected chi connectivity index (χ0v) is 11.1. The van der Waals surface area contributed by atoms with Gasteiger partial charge in [0, 0.05) is 0 Å². The molecule has 18 heavy (non-hydrogen) atoms. The van der Waals surface area contributed by atoms with Crippen LogP contribution < -0.4 is 4.74 Å². The van der Waals surface area contributed by atoms with Gasteiger partial charge in [-0.05, 0) is 36.6 Å². The Morgan fingerprint density at radius 3 is 2.44 bits per heavy atom. The average Bonchev–Trinajstić information content (AvgIpc) is 2.39. The molecule has 0 aliphatic heterocycles. The van der Waals surface area contributed by atoms with Crippen LogP contribution in [0.15, 0.2) is 54.6 Å². The standard InChI is InChI=1S/C17H20O/c1-3-8-17(15-10-5-4-6-11-15)18-16-12-7-9-14(2)13-16/h4-7,9-13,17H,3,8H2,1-2H3. The van der Waals surface area contributed by atoms with E-state index in [-0.39, 0.29) is 6.10 Å². The van der Waals surface area contributed by atoms with E-state index >= 15 is 0 Å².